The Hall–Kier alpha value is -2.43. The van der Waals surface area contributed by atoms with Gasteiger partial charge in [0.15, 0.2) is 11.6 Å². The number of halogens is 1. The summed E-state index contributed by atoms with van der Waals surface area (Å²) in [4.78, 5) is 3.95. The van der Waals surface area contributed by atoms with Crippen molar-refractivity contribution in [3.63, 3.8) is 0 Å². The molecule has 1 aromatic carbocycles. The zero-order valence-electron chi connectivity index (χ0n) is 11.0. The minimum atomic E-state index is -0.499. The monoisotopic (exact) mass is 273 g/mol. The van der Waals surface area contributed by atoms with E-state index in [0.29, 0.717) is 12.2 Å². The van der Waals surface area contributed by atoms with Crippen LogP contribution in [-0.2, 0) is 6.42 Å². The van der Waals surface area contributed by atoms with Gasteiger partial charge in [-0.1, -0.05) is 0 Å². The molecule has 0 amide bonds. The molecule has 1 heterocycles. The molecule has 0 aliphatic carbocycles. The van der Waals surface area contributed by atoms with Crippen LogP contribution in [0.3, 0.4) is 0 Å². The number of hydrogen-bond acceptors (Lipinski definition) is 3. The first kappa shape index (κ1) is 14.0. The lowest BCUT2D eigenvalue weighted by molar-refractivity contribution is 0.295. The van der Waals surface area contributed by atoms with Crippen LogP contribution < -0.4 is 10.5 Å². The number of hydrogen-bond donors (Lipinski definition) is 2. The smallest absolute Gasteiger partial charge is 0.165 e. The Morgan fingerprint density at radius 3 is 2.65 bits per heavy atom. The Morgan fingerprint density at radius 1 is 1.25 bits per heavy atom. The maximum absolute atomic E-state index is 13.7. The van der Waals surface area contributed by atoms with Gasteiger partial charge >= 0.3 is 0 Å². The van der Waals surface area contributed by atoms with E-state index < -0.39 is 5.82 Å². The average Bonchev–Trinajstić information content (AvgIpc) is 2.46. The summed E-state index contributed by atoms with van der Waals surface area (Å²) in [5.41, 5.74) is 6.82. The number of nitrogen functional groups attached to an aromatic ring is 1. The number of nitrogens with two attached hydrogens (primary N) is 1. The fourth-order valence-electron chi connectivity index (χ4n) is 1.79. The first-order valence-corrected chi connectivity index (χ1v) is 6.32. The number of rotatable bonds is 6. The van der Waals surface area contributed by atoms with Gasteiger partial charge < -0.3 is 10.5 Å². The van der Waals surface area contributed by atoms with E-state index in [4.69, 9.17) is 15.9 Å². The van der Waals surface area contributed by atoms with Gasteiger partial charge in [-0.25, -0.2) is 4.39 Å². The Labute approximate surface area is 116 Å². The number of aromatic nitrogens is 1. The zero-order chi connectivity index (χ0) is 14.4. The van der Waals surface area contributed by atoms with Crippen molar-refractivity contribution in [3.8, 4) is 5.75 Å². The molecule has 0 saturated carbocycles. The molecule has 0 unspecified atom stereocenters. The van der Waals surface area contributed by atoms with Crippen molar-refractivity contribution >= 4 is 5.84 Å². The second kappa shape index (κ2) is 6.65. The van der Waals surface area contributed by atoms with E-state index in [1.54, 1.807) is 18.5 Å². The zero-order valence-corrected chi connectivity index (χ0v) is 11.0. The summed E-state index contributed by atoms with van der Waals surface area (Å²) in [7, 11) is 0. The van der Waals surface area contributed by atoms with Crippen molar-refractivity contribution < 1.29 is 9.13 Å². The summed E-state index contributed by atoms with van der Waals surface area (Å²) in [6.07, 6.45) is 5.14. The van der Waals surface area contributed by atoms with Crippen LogP contribution in [0.15, 0.2) is 42.7 Å². The van der Waals surface area contributed by atoms with Crippen molar-refractivity contribution in [2.75, 3.05) is 6.61 Å². The fraction of sp³-hybridized carbons (Fsp3) is 0.200. The van der Waals surface area contributed by atoms with Crippen molar-refractivity contribution in [2.24, 2.45) is 5.73 Å². The van der Waals surface area contributed by atoms with Crippen molar-refractivity contribution in [1.29, 1.82) is 5.41 Å². The molecule has 0 saturated heterocycles. The van der Waals surface area contributed by atoms with Gasteiger partial charge in [-0.15, -0.1) is 0 Å². The topological polar surface area (TPSA) is 72.0 Å². The van der Waals surface area contributed by atoms with Gasteiger partial charge in [0, 0.05) is 18.0 Å². The number of benzene rings is 1. The molecule has 20 heavy (non-hydrogen) atoms. The highest BCUT2D eigenvalue weighted by molar-refractivity contribution is 5.95. The molecule has 2 rings (SSSR count). The first-order valence-electron chi connectivity index (χ1n) is 6.32. The summed E-state index contributed by atoms with van der Waals surface area (Å²) in [5, 5.41) is 7.23. The third kappa shape index (κ3) is 3.78. The van der Waals surface area contributed by atoms with Crippen LogP contribution >= 0.6 is 0 Å². The molecule has 1 aromatic heterocycles. The predicted octanol–water partition coefficient (Wildman–Crippen LogP) is 2.52. The van der Waals surface area contributed by atoms with Crippen LogP contribution in [-0.4, -0.2) is 17.4 Å². The molecule has 0 aliphatic rings. The van der Waals surface area contributed by atoms with Crippen LogP contribution in [0.25, 0.3) is 0 Å². The molecule has 104 valence electrons. The number of pyridine rings is 1. The van der Waals surface area contributed by atoms with Gasteiger partial charge in [0.05, 0.1) is 6.61 Å². The van der Waals surface area contributed by atoms with E-state index in [1.165, 1.54) is 17.7 Å². The van der Waals surface area contributed by atoms with Gasteiger partial charge in [-0.2, -0.15) is 0 Å². The largest absolute Gasteiger partial charge is 0.491 e. The van der Waals surface area contributed by atoms with Crippen LogP contribution in [0.1, 0.15) is 17.5 Å². The van der Waals surface area contributed by atoms with Crippen LogP contribution in [0, 0.1) is 11.2 Å². The van der Waals surface area contributed by atoms with E-state index in [1.807, 2.05) is 12.1 Å². The van der Waals surface area contributed by atoms with E-state index in [0.717, 1.165) is 12.8 Å². The maximum atomic E-state index is 13.7. The Morgan fingerprint density at radius 2 is 2.00 bits per heavy atom. The molecule has 0 atom stereocenters. The first-order chi connectivity index (χ1) is 9.66. The molecule has 0 bridgehead atoms. The van der Waals surface area contributed by atoms with E-state index in [9.17, 15) is 4.39 Å². The number of ether oxygens (including phenoxy) is 1. The number of aryl methyl sites for hydroxylation is 1. The molecular formula is C15H16FN3O. The van der Waals surface area contributed by atoms with Crippen LogP contribution in [0.4, 0.5) is 4.39 Å². The minimum Gasteiger partial charge on any atom is -0.491 e. The predicted molar refractivity (Wildman–Crippen MR) is 75.5 cm³/mol. The summed E-state index contributed by atoms with van der Waals surface area (Å²) >= 11 is 0. The summed E-state index contributed by atoms with van der Waals surface area (Å²) in [5.74, 6) is -0.473. The Kier molecular flexibility index (Phi) is 4.65. The van der Waals surface area contributed by atoms with Crippen molar-refractivity contribution in [1.82, 2.24) is 4.98 Å². The second-order valence-corrected chi connectivity index (χ2v) is 4.37. The maximum Gasteiger partial charge on any atom is 0.165 e. The van der Waals surface area contributed by atoms with Gasteiger partial charge in [0.25, 0.3) is 0 Å². The molecule has 5 heteroatoms. The van der Waals surface area contributed by atoms with Crippen LogP contribution in [0.5, 0.6) is 5.75 Å². The Balaban J connectivity index is 1.84. The van der Waals surface area contributed by atoms with Gasteiger partial charge in [0.1, 0.15) is 5.84 Å². The summed E-state index contributed by atoms with van der Waals surface area (Å²) in [6.45, 7) is 0.429. The fourth-order valence-corrected chi connectivity index (χ4v) is 1.79. The quantitative estimate of drug-likeness (QED) is 0.482. The minimum absolute atomic E-state index is 0.159. The van der Waals surface area contributed by atoms with Gasteiger partial charge in [-0.05, 0) is 48.7 Å². The third-order valence-corrected chi connectivity index (χ3v) is 2.86. The number of nitrogens with zero attached hydrogens (tertiary/aromatic N) is 1. The summed E-state index contributed by atoms with van der Waals surface area (Å²) < 4.78 is 19.1. The highest BCUT2D eigenvalue weighted by Gasteiger charge is 2.06. The number of nitrogens with one attached hydrogen (secondary N) is 1. The highest BCUT2D eigenvalue weighted by atomic mass is 19.1. The molecule has 3 N–H and O–H groups in total. The lowest BCUT2D eigenvalue weighted by Crippen LogP contribution is -2.11. The molecule has 0 radical (unpaired) electrons. The molecule has 0 spiro atoms. The van der Waals surface area contributed by atoms with Gasteiger partial charge in [0.2, 0.25) is 0 Å². The third-order valence-electron chi connectivity index (χ3n) is 2.86. The SMILES string of the molecule is N=C(N)c1ccc(OCCCc2ccncc2)c(F)c1. The van der Waals surface area contributed by atoms with Crippen LogP contribution in [0.2, 0.25) is 0 Å². The normalized spacial score (nSPS) is 10.2. The van der Waals surface area contributed by atoms with Gasteiger partial charge in [-0.3, -0.25) is 10.4 Å². The summed E-state index contributed by atoms with van der Waals surface area (Å²) in [6, 6.07) is 8.17. The standard InChI is InChI=1S/C15H16FN3O/c16-13-10-12(15(17)18)3-4-14(13)20-9-1-2-11-5-7-19-8-6-11/h3-8,10H,1-2,9H2,(H3,17,18). The second-order valence-electron chi connectivity index (χ2n) is 4.37. The van der Waals surface area contributed by atoms with Crippen molar-refractivity contribution in [2.45, 2.75) is 12.8 Å². The molecule has 0 fully saturated rings. The highest BCUT2D eigenvalue weighted by Crippen LogP contribution is 2.18. The Bertz CT molecular complexity index is 587. The van der Waals surface area contributed by atoms with E-state index in [2.05, 4.69) is 4.98 Å². The average molecular weight is 273 g/mol. The molecule has 0 aliphatic heterocycles. The lowest BCUT2D eigenvalue weighted by atomic mass is 10.1. The van der Waals surface area contributed by atoms with E-state index >= 15 is 0 Å². The number of amidine groups is 1. The van der Waals surface area contributed by atoms with E-state index in [-0.39, 0.29) is 11.6 Å². The van der Waals surface area contributed by atoms with Crippen molar-refractivity contribution in [3.05, 3.63) is 59.7 Å². The molecule has 2 aromatic rings. The molecule has 4 nitrogen and oxygen atoms in total. The lowest BCUT2D eigenvalue weighted by Gasteiger charge is -2.08. The molecular weight excluding hydrogens is 257 g/mol.